The largest absolute Gasteiger partial charge is 0.363 e. The van der Waals surface area contributed by atoms with Crippen molar-refractivity contribution in [1.82, 2.24) is 14.9 Å². The lowest BCUT2D eigenvalue weighted by atomic mass is 10.1. The molecule has 32 heavy (non-hydrogen) atoms. The smallest absolute Gasteiger partial charge is 0.293 e. The Balaban J connectivity index is 1.45. The molecule has 1 aliphatic heterocycles. The number of nitrogens with one attached hydrogen (secondary N) is 2. The standard InChI is InChI=1S/C22H24N6O4/c1-14-4-3-5-15(2)21(14)25-20(29)12-26-6-8-27(9-7-26)18-11-17-16(10-19(18)28(31)32)22(30)24-13-23-17/h3-5,10-11,13H,6-9,12H2,1-2H3,(H,25,29)(H,23,24,30). The van der Waals surface area contributed by atoms with Crippen LogP contribution in [0.4, 0.5) is 17.1 Å². The van der Waals surface area contributed by atoms with Crippen LogP contribution in [0.25, 0.3) is 10.9 Å². The summed E-state index contributed by atoms with van der Waals surface area (Å²) in [5.41, 5.74) is 3.16. The van der Waals surface area contributed by atoms with Gasteiger partial charge in [-0.25, -0.2) is 4.98 Å². The number of aryl methyl sites for hydroxylation is 2. The number of amides is 1. The fourth-order valence-electron chi connectivity index (χ4n) is 4.03. The van der Waals surface area contributed by atoms with Crippen molar-refractivity contribution < 1.29 is 9.72 Å². The normalized spacial score (nSPS) is 14.5. The highest BCUT2D eigenvalue weighted by Gasteiger charge is 2.26. The Morgan fingerprint density at radius 2 is 1.88 bits per heavy atom. The first-order chi connectivity index (χ1) is 15.3. The number of carbonyl (C=O) groups excluding carboxylic acids is 1. The summed E-state index contributed by atoms with van der Waals surface area (Å²) in [7, 11) is 0. The first-order valence-corrected chi connectivity index (χ1v) is 10.3. The number of nitro benzene ring substituents is 1. The monoisotopic (exact) mass is 436 g/mol. The van der Waals surface area contributed by atoms with E-state index in [0.29, 0.717) is 37.4 Å². The van der Waals surface area contributed by atoms with E-state index in [1.54, 1.807) is 6.07 Å². The zero-order valence-corrected chi connectivity index (χ0v) is 17.9. The second-order valence-corrected chi connectivity index (χ2v) is 7.93. The van der Waals surface area contributed by atoms with Gasteiger partial charge in [-0.05, 0) is 31.0 Å². The molecule has 0 saturated carbocycles. The van der Waals surface area contributed by atoms with Gasteiger partial charge in [-0.3, -0.25) is 24.6 Å². The summed E-state index contributed by atoms with van der Waals surface area (Å²) in [6.45, 7) is 6.37. The zero-order valence-electron chi connectivity index (χ0n) is 17.9. The number of aromatic nitrogens is 2. The van der Waals surface area contributed by atoms with Gasteiger partial charge in [-0.15, -0.1) is 0 Å². The maximum atomic E-state index is 12.6. The molecular formula is C22H24N6O4. The number of hydrogen-bond acceptors (Lipinski definition) is 7. The Bertz CT molecular complexity index is 1230. The van der Waals surface area contributed by atoms with Crippen molar-refractivity contribution in [3.05, 3.63) is 68.3 Å². The molecule has 0 aliphatic carbocycles. The van der Waals surface area contributed by atoms with E-state index in [2.05, 4.69) is 15.3 Å². The number of carbonyl (C=O) groups is 1. The molecule has 0 radical (unpaired) electrons. The molecule has 1 fully saturated rings. The van der Waals surface area contributed by atoms with Gasteiger partial charge < -0.3 is 15.2 Å². The number of para-hydroxylation sites is 1. The van der Waals surface area contributed by atoms with Crippen molar-refractivity contribution in [3.63, 3.8) is 0 Å². The van der Waals surface area contributed by atoms with Gasteiger partial charge in [-0.1, -0.05) is 18.2 Å². The number of anilines is 2. The lowest BCUT2D eigenvalue weighted by Gasteiger charge is -2.35. The summed E-state index contributed by atoms with van der Waals surface area (Å²) in [5.74, 6) is -0.0871. The van der Waals surface area contributed by atoms with E-state index in [1.807, 2.05) is 41.8 Å². The molecule has 10 nitrogen and oxygen atoms in total. The second-order valence-electron chi connectivity index (χ2n) is 7.93. The number of aromatic amines is 1. The summed E-state index contributed by atoms with van der Waals surface area (Å²) in [5, 5.41) is 14.8. The van der Waals surface area contributed by atoms with Crippen LogP contribution >= 0.6 is 0 Å². The Labute approximate surface area is 184 Å². The van der Waals surface area contributed by atoms with Gasteiger partial charge in [0.1, 0.15) is 5.69 Å². The van der Waals surface area contributed by atoms with Crippen molar-refractivity contribution in [2.45, 2.75) is 13.8 Å². The van der Waals surface area contributed by atoms with Gasteiger partial charge >= 0.3 is 0 Å². The Morgan fingerprint density at radius 1 is 1.19 bits per heavy atom. The molecule has 10 heteroatoms. The number of H-pyrrole nitrogens is 1. The van der Waals surface area contributed by atoms with Crippen LogP contribution in [0.3, 0.4) is 0 Å². The highest BCUT2D eigenvalue weighted by Crippen LogP contribution is 2.32. The zero-order chi connectivity index (χ0) is 22.8. The van der Waals surface area contributed by atoms with E-state index in [-0.39, 0.29) is 23.5 Å². The Morgan fingerprint density at radius 3 is 2.53 bits per heavy atom. The number of nitrogens with zero attached hydrogens (tertiary/aromatic N) is 4. The van der Waals surface area contributed by atoms with Crippen molar-refractivity contribution in [1.29, 1.82) is 0 Å². The molecule has 0 atom stereocenters. The Hall–Kier alpha value is -3.79. The quantitative estimate of drug-likeness (QED) is 0.464. The van der Waals surface area contributed by atoms with E-state index >= 15 is 0 Å². The molecule has 1 aliphatic rings. The van der Waals surface area contributed by atoms with E-state index in [0.717, 1.165) is 16.8 Å². The van der Waals surface area contributed by atoms with Gasteiger partial charge in [0.2, 0.25) is 5.91 Å². The topological polar surface area (TPSA) is 124 Å². The SMILES string of the molecule is Cc1cccc(C)c1NC(=O)CN1CCN(c2cc3nc[nH]c(=O)c3cc2[N+](=O)[O-])CC1. The third-order valence-electron chi connectivity index (χ3n) is 5.76. The highest BCUT2D eigenvalue weighted by atomic mass is 16.6. The summed E-state index contributed by atoms with van der Waals surface area (Å²) < 4.78 is 0. The minimum absolute atomic E-state index is 0.0871. The molecule has 2 N–H and O–H groups in total. The van der Waals surface area contributed by atoms with Crippen LogP contribution < -0.4 is 15.8 Å². The van der Waals surface area contributed by atoms with Gasteiger partial charge in [0.05, 0.1) is 28.7 Å². The van der Waals surface area contributed by atoms with Crippen LogP contribution in [-0.2, 0) is 4.79 Å². The molecule has 4 rings (SSSR count). The van der Waals surface area contributed by atoms with E-state index in [1.165, 1.54) is 12.4 Å². The first-order valence-electron chi connectivity index (χ1n) is 10.3. The summed E-state index contributed by atoms with van der Waals surface area (Å²) in [4.78, 5) is 46.2. The summed E-state index contributed by atoms with van der Waals surface area (Å²) in [6, 6.07) is 8.74. The van der Waals surface area contributed by atoms with Crippen LogP contribution in [0.5, 0.6) is 0 Å². The molecule has 3 aromatic rings. The maximum absolute atomic E-state index is 12.6. The van der Waals surface area contributed by atoms with Crippen LogP contribution in [0.15, 0.2) is 41.5 Å². The van der Waals surface area contributed by atoms with E-state index in [9.17, 15) is 19.7 Å². The number of fused-ring (bicyclic) bond motifs is 1. The lowest BCUT2D eigenvalue weighted by molar-refractivity contribution is -0.384. The Kier molecular flexibility index (Phi) is 5.87. The molecule has 1 aromatic heterocycles. The molecule has 1 saturated heterocycles. The van der Waals surface area contributed by atoms with Crippen LogP contribution in [0.1, 0.15) is 11.1 Å². The van der Waals surface area contributed by atoms with Crippen molar-refractivity contribution >= 4 is 33.9 Å². The molecule has 1 amide bonds. The number of benzene rings is 2. The fourth-order valence-corrected chi connectivity index (χ4v) is 4.03. The maximum Gasteiger partial charge on any atom is 0.293 e. The fraction of sp³-hybridized carbons (Fsp3) is 0.318. The molecular weight excluding hydrogens is 412 g/mol. The average molecular weight is 436 g/mol. The van der Waals surface area contributed by atoms with Crippen LogP contribution in [0, 0.1) is 24.0 Å². The molecule has 0 unspecified atom stereocenters. The minimum atomic E-state index is -0.481. The molecule has 2 heterocycles. The first kappa shape index (κ1) is 21.4. The van der Waals surface area contributed by atoms with E-state index in [4.69, 9.17) is 0 Å². The van der Waals surface area contributed by atoms with Gasteiger partial charge in [-0.2, -0.15) is 0 Å². The summed E-state index contributed by atoms with van der Waals surface area (Å²) >= 11 is 0. The second kappa shape index (κ2) is 8.75. The summed E-state index contributed by atoms with van der Waals surface area (Å²) in [6.07, 6.45) is 1.28. The lowest BCUT2D eigenvalue weighted by Crippen LogP contribution is -2.48. The van der Waals surface area contributed by atoms with Gasteiger partial charge in [0.25, 0.3) is 11.2 Å². The number of rotatable bonds is 5. The third-order valence-corrected chi connectivity index (χ3v) is 5.76. The van der Waals surface area contributed by atoms with Gasteiger partial charge in [0, 0.05) is 37.9 Å². The highest BCUT2D eigenvalue weighted by molar-refractivity contribution is 5.93. The third kappa shape index (κ3) is 4.30. The predicted molar refractivity (Wildman–Crippen MR) is 122 cm³/mol. The minimum Gasteiger partial charge on any atom is -0.363 e. The number of piperazine rings is 1. The predicted octanol–water partition coefficient (Wildman–Crippen LogP) is 2.21. The number of nitro groups is 1. The van der Waals surface area contributed by atoms with Crippen LogP contribution in [-0.4, -0.2) is 58.4 Å². The van der Waals surface area contributed by atoms with E-state index < -0.39 is 10.5 Å². The van der Waals surface area contributed by atoms with Gasteiger partial charge in [0.15, 0.2) is 0 Å². The van der Waals surface area contributed by atoms with Crippen molar-refractivity contribution in [3.8, 4) is 0 Å². The molecule has 0 bridgehead atoms. The number of hydrogen-bond donors (Lipinski definition) is 2. The molecule has 0 spiro atoms. The van der Waals surface area contributed by atoms with Crippen molar-refractivity contribution in [2.75, 3.05) is 42.9 Å². The van der Waals surface area contributed by atoms with Crippen molar-refractivity contribution in [2.24, 2.45) is 0 Å². The average Bonchev–Trinajstić information content (AvgIpc) is 2.76. The molecule has 166 valence electrons. The van der Waals surface area contributed by atoms with Crippen LogP contribution in [0.2, 0.25) is 0 Å². The molecule has 2 aromatic carbocycles.